The van der Waals surface area contributed by atoms with Crippen LogP contribution in [0, 0.1) is 18.3 Å². The Balaban J connectivity index is 1.79. The smallest absolute Gasteiger partial charge is 0.287 e. The van der Waals surface area contributed by atoms with E-state index in [9.17, 15) is 10.1 Å². The molecule has 0 saturated carbocycles. The fourth-order valence-corrected chi connectivity index (χ4v) is 2.39. The summed E-state index contributed by atoms with van der Waals surface area (Å²) in [6.45, 7) is 1.98. The van der Waals surface area contributed by atoms with Gasteiger partial charge in [-0.3, -0.25) is 10.2 Å². The Morgan fingerprint density at radius 2 is 1.72 bits per heavy atom. The van der Waals surface area contributed by atoms with Crippen molar-refractivity contribution >= 4 is 33.8 Å². The lowest BCUT2D eigenvalue weighted by Gasteiger charge is -2.08. The highest BCUT2D eigenvalue weighted by Crippen LogP contribution is 2.22. The second-order valence-electron chi connectivity index (χ2n) is 5.53. The molecule has 0 heterocycles. The Kier molecular flexibility index (Phi) is 4.72. The van der Waals surface area contributed by atoms with Crippen molar-refractivity contribution in [2.24, 2.45) is 5.10 Å². The van der Waals surface area contributed by atoms with Crippen LogP contribution in [0.3, 0.4) is 0 Å². The summed E-state index contributed by atoms with van der Waals surface area (Å²) in [5.41, 5.74) is 4.95. The van der Waals surface area contributed by atoms with Gasteiger partial charge in [0.1, 0.15) is 6.07 Å². The summed E-state index contributed by atoms with van der Waals surface area (Å²) >= 11 is 0. The summed E-state index contributed by atoms with van der Waals surface area (Å²) in [5.74, 6) is -0.557. The maximum Gasteiger partial charge on any atom is 0.287 e. The number of hydrazone groups is 1. The van der Waals surface area contributed by atoms with Gasteiger partial charge in [0, 0.05) is 11.1 Å². The normalized spacial score (nSPS) is 11.0. The highest BCUT2D eigenvalue weighted by atomic mass is 16.1. The van der Waals surface area contributed by atoms with Gasteiger partial charge in [-0.1, -0.05) is 54.1 Å². The van der Waals surface area contributed by atoms with E-state index in [1.54, 1.807) is 6.07 Å². The molecule has 3 aromatic carbocycles. The number of nitrogens with zero attached hydrogens (tertiary/aromatic N) is 2. The molecule has 0 aliphatic heterocycles. The first-order chi connectivity index (χ1) is 12.2. The van der Waals surface area contributed by atoms with E-state index in [2.05, 4.69) is 15.8 Å². The van der Waals surface area contributed by atoms with E-state index in [-0.39, 0.29) is 5.71 Å². The predicted octanol–water partition coefficient (Wildman–Crippen LogP) is 4.08. The van der Waals surface area contributed by atoms with E-state index >= 15 is 0 Å². The maximum absolute atomic E-state index is 12.4. The van der Waals surface area contributed by atoms with Gasteiger partial charge in [0.15, 0.2) is 0 Å². The third-order valence-electron chi connectivity index (χ3n) is 3.71. The number of nitriles is 1. The summed E-state index contributed by atoms with van der Waals surface area (Å²) in [4.78, 5) is 12.4. The highest BCUT2D eigenvalue weighted by Gasteiger charge is 2.12. The number of anilines is 2. The maximum atomic E-state index is 12.4. The van der Waals surface area contributed by atoms with Gasteiger partial charge in [-0.25, -0.2) is 0 Å². The molecule has 5 nitrogen and oxygen atoms in total. The molecule has 25 heavy (non-hydrogen) atoms. The first-order valence-corrected chi connectivity index (χ1v) is 7.77. The Bertz CT molecular complexity index is 979. The van der Waals surface area contributed by atoms with Gasteiger partial charge < -0.3 is 5.32 Å². The van der Waals surface area contributed by atoms with Crippen molar-refractivity contribution in [1.29, 1.82) is 5.26 Å². The number of carbonyl (C=O) groups excluding carboxylic acids is 1. The van der Waals surface area contributed by atoms with E-state index in [4.69, 9.17) is 0 Å². The van der Waals surface area contributed by atoms with E-state index in [1.165, 1.54) is 0 Å². The first-order valence-electron chi connectivity index (χ1n) is 7.77. The van der Waals surface area contributed by atoms with Crippen LogP contribution in [-0.4, -0.2) is 11.6 Å². The number of rotatable bonds is 4. The Labute approximate surface area is 145 Å². The SMILES string of the molecule is Cc1ccc(N/N=C(\C#N)C(=O)Nc2cccc3ccccc23)cc1. The Hall–Kier alpha value is -3.65. The van der Waals surface area contributed by atoms with Crippen molar-refractivity contribution in [2.75, 3.05) is 10.7 Å². The quantitative estimate of drug-likeness (QED) is 0.559. The molecule has 0 saturated heterocycles. The molecule has 5 heteroatoms. The molecule has 1 amide bonds. The average molecular weight is 328 g/mol. The molecule has 0 atom stereocenters. The zero-order chi connectivity index (χ0) is 17.6. The third kappa shape index (κ3) is 3.82. The minimum absolute atomic E-state index is 0.242. The molecule has 3 aromatic rings. The number of hydrogen-bond donors (Lipinski definition) is 2. The molecule has 2 N–H and O–H groups in total. The van der Waals surface area contributed by atoms with E-state index in [1.807, 2.05) is 73.7 Å². The van der Waals surface area contributed by atoms with Gasteiger partial charge in [-0.2, -0.15) is 10.4 Å². The van der Waals surface area contributed by atoms with Crippen LogP contribution in [0.2, 0.25) is 0 Å². The van der Waals surface area contributed by atoms with Crippen molar-refractivity contribution < 1.29 is 4.79 Å². The first kappa shape index (κ1) is 16.2. The van der Waals surface area contributed by atoms with Gasteiger partial charge in [0.2, 0.25) is 5.71 Å². The van der Waals surface area contributed by atoms with Crippen molar-refractivity contribution in [2.45, 2.75) is 6.92 Å². The van der Waals surface area contributed by atoms with Crippen LogP contribution >= 0.6 is 0 Å². The van der Waals surface area contributed by atoms with E-state index in [0.717, 1.165) is 16.3 Å². The largest absolute Gasteiger partial charge is 0.319 e. The van der Waals surface area contributed by atoms with Gasteiger partial charge in [0.05, 0.1) is 5.69 Å². The minimum Gasteiger partial charge on any atom is -0.319 e. The lowest BCUT2D eigenvalue weighted by molar-refractivity contribution is -0.110. The molecular weight excluding hydrogens is 312 g/mol. The van der Waals surface area contributed by atoms with Crippen LogP contribution in [-0.2, 0) is 4.79 Å². The second-order valence-corrected chi connectivity index (χ2v) is 5.53. The van der Waals surface area contributed by atoms with Crippen molar-refractivity contribution in [3.63, 3.8) is 0 Å². The lowest BCUT2D eigenvalue weighted by atomic mass is 10.1. The summed E-state index contributed by atoms with van der Waals surface area (Å²) < 4.78 is 0. The molecule has 0 bridgehead atoms. The molecule has 3 rings (SSSR count). The standard InChI is InChI=1S/C20H16N4O/c1-14-9-11-16(12-10-14)23-24-19(13-21)20(25)22-18-8-4-6-15-5-2-3-7-17(15)18/h2-12,23H,1H3,(H,22,25)/b24-19+. The number of aryl methyl sites for hydroxylation is 1. The molecule has 0 aromatic heterocycles. The summed E-state index contributed by atoms with van der Waals surface area (Å²) in [5, 5.41) is 17.8. The number of nitrogens with one attached hydrogen (secondary N) is 2. The molecule has 0 fully saturated rings. The van der Waals surface area contributed by atoms with E-state index in [0.29, 0.717) is 11.4 Å². The van der Waals surface area contributed by atoms with Gasteiger partial charge in [0.25, 0.3) is 5.91 Å². The monoisotopic (exact) mass is 328 g/mol. The topological polar surface area (TPSA) is 77.3 Å². The lowest BCUT2D eigenvalue weighted by Crippen LogP contribution is -2.22. The summed E-state index contributed by atoms with van der Waals surface area (Å²) in [6.07, 6.45) is 0. The predicted molar refractivity (Wildman–Crippen MR) is 100 cm³/mol. The highest BCUT2D eigenvalue weighted by molar-refractivity contribution is 6.49. The van der Waals surface area contributed by atoms with Gasteiger partial charge >= 0.3 is 0 Å². The molecular formula is C20H16N4O. The molecule has 0 aliphatic rings. The fraction of sp³-hybridized carbons (Fsp3) is 0.0500. The Morgan fingerprint density at radius 1 is 1.00 bits per heavy atom. The summed E-state index contributed by atoms with van der Waals surface area (Å²) in [6, 6.07) is 22.6. The molecule has 0 unspecified atom stereocenters. The van der Waals surface area contributed by atoms with Gasteiger partial charge in [-0.05, 0) is 30.5 Å². The molecule has 0 radical (unpaired) electrons. The number of hydrogen-bond acceptors (Lipinski definition) is 4. The van der Waals surface area contributed by atoms with Crippen LogP contribution in [0.25, 0.3) is 10.8 Å². The zero-order valence-electron chi connectivity index (χ0n) is 13.7. The third-order valence-corrected chi connectivity index (χ3v) is 3.71. The van der Waals surface area contributed by atoms with Crippen LogP contribution in [0.15, 0.2) is 71.8 Å². The number of benzene rings is 3. The van der Waals surface area contributed by atoms with E-state index < -0.39 is 5.91 Å². The van der Waals surface area contributed by atoms with Crippen LogP contribution < -0.4 is 10.7 Å². The van der Waals surface area contributed by atoms with Crippen molar-refractivity contribution in [3.8, 4) is 6.07 Å². The van der Waals surface area contributed by atoms with Gasteiger partial charge in [-0.15, -0.1) is 0 Å². The molecule has 0 aliphatic carbocycles. The Morgan fingerprint density at radius 3 is 2.48 bits per heavy atom. The summed E-state index contributed by atoms with van der Waals surface area (Å²) in [7, 11) is 0. The van der Waals surface area contributed by atoms with Crippen molar-refractivity contribution in [1.82, 2.24) is 0 Å². The second kappa shape index (κ2) is 7.28. The van der Waals surface area contributed by atoms with Crippen LogP contribution in [0.5, 0.6) is 0 Å². The van der Waals surface area contributed by atoms with Crippen molar-refractivity contribution in [3.05, 3.63) is 72.3 Å². The number of carbonyl (C=O) groups is 1. The molecule has 0 spiro atoms. The van der Waals surface area contributed by atoms with Crippen LogP contribution in [0.1, 0.15) is 5.56 Å². The zero-order valence-corrected chi connectivity index (χ0v) is 13.7. The fourth-order valence-electron chi connectivity index (χ4n) is 2.39. The number of amides is 1. The molecule has 122 valence electrons. The van der Waals surface area contributed by atoms with Crippen LogP contribution in [0.4, 0.5) is 11.4 Å². The minimum atomic E-state index is -0.557. The average Bonchev–Trinajstić information content (AvgIpc) is 2.64. The number of fused-ring (bicyclic) bond motifs is 1.